The zero-order chi connectivity index (χ0) is 20.1. The zero-order valence-corrected chi connectivity index (χ0v) is 18.3. The zero-order valence-electron chi connectivity index (χ0n) is 16.7. The molecular weight excluding hydrogens is 424 g/mol. The Morgan fingerprint density at radius 2 is 1.66 bits per heavy atom. The average molecular weight is 451 g/mol. The Bertz CT molecular complexity index is 877. The van der Waals surface area contributed by atoms with Gasteiger partial charge in [-0.1, -0.05) is 76.6 Å². The van der Waals surface area contributed by atoms with Gasteiger partial charge in [-0.2, -0.15) is 0 Å². The van der Waals surface area contributed by atoms with Crippen molar-refractivity contribution in [1.29, 1.82) is 0 Å². The minimum atomic E-state index is 0.324. The van der Waals surface area contributed by atoms with Gasteiger partial charge in [0.1, 0.15) is 5.75 Å². The number of piperazine rings is 1. The van der Waals surface area contributed by atoms with E-state index in [9.17, 15) is 0 Å². The summed E-state index contributed by atoms with van der Waals surface area (Å²) in [6.45, 7) is 3.89. The predicted octanol–water partition coefficient (Wildman–Crippen LogP) is 5.06. The molecule has 4 heteroatoms. The highest BCUT2D eigenvalue weighted by molar-refractivity contribution is 9.10. The summed E-state index contributed by atoms with van der Waals surface area (Å²) in [5.74, 6) is 1.27. The summed E-state index contributed by atoms with van der Waals surface area (Å²) in [5.41, 5.74) is 3.94. The summed E-state index contributed by atoms with van der Waals surface area (Å²) in [4.78, 5) is 2.53. The SMILES string of the molecule is COc1ccc(Br)cc1CN1CCNC(C(c2ccccc2)c2ccccc2)C1. The summed E-state index contributed by atoms with van der Waals surface area (Å²) >= 11 is 3.60. The first-order chi connectivity index (χ1) is 14.2. The van der Waals surface area contributed by atoms with Crippen molar-refractivity contribution in [3.8, 4) is 5.75 Å². The van der Waals surface area contributed by atoms with Crippen LogP contribution in [0.4, 0.5) is 0 Å². The van der Waals surface area contributed by atoms with Crippen LogP contribution in [0.1, 0.15) is 22.6 Å². The number of nitrogens with zero attached hydrogens (tertiary/aromatic N) is 1. The third-order valence-corrected chi connectivity index (χ3v) is 6.14. The molecule has 29 heavy (non-hydrogen) atoms. The van der Waals surface area contributed by atoms with E-state index in [2.05, 4.69) is 92.9 Å². The van der Waals surface area contributed by atoms with Crippen molar-refractivity contribution >= 4 is 15.9 Å². The second kappa shape index (κ2) is 9.57. The van der Waals surface area contributed by atoms with Gasteiger partial charge in [-0.3, -0.25) is 4.90 Å². The molecule has 1 aliphatic heterocycles. The molecule has 0 saturated carbocycles. The summed E-state index contributed by atoms with van der Waals surface area (Å²) < 4.78 is 6.68. The molecule has 1 atom stereocenters. The number of benzene rings is 3. The Morgan fingerprint density at radius 3 is 2.28 bits per heavy atom. The largest absolute Gasteiger partial charge is 0.496 e. The lowest BCUT2D eigenvalue weighted by Crippen LogP contribution is -2.52. The first-order valence-corrected chi connectivity index (χ1v) is 10.9. The Labute approximate surface area is 181 Å². The second-order valence-corrected chi connectivity index (χ2v) is 8.47. The minimum absolute atomic E-state index is 0.324. The molecule has 0 aromatic heterocycles. The highest BCUT2D eigenvalue weighted by atomic mass is 79.9. The van der Waals surface area contributed by atoms with E-state index in [1.54, 1.807) is 7.11 Å². The van der Waals surface area contributed by atoms with Gasteiger partial charge in [0.05, 0.1) is 7.11 Å². The van der Waals surface area contributed by atoms with Crippen LogP contribution in [0.2, 0.25) is 0 Å². The molecule has 0 amide bonds. The molecule has 3 aromatic rings. The van der Waals surface area contributed by atoms with E-state index in [-0.39, 0.29) is 0 Å². The monoisotopic (exact) mass is 450 g/mol. The van der Waals surface area contributed by atoms with Gasteiger partial charge in [-0.25, -0.2) is 0 Å². The van der Waals surface area contributed by atoms with Crippen LogP contribution in [0.25, 0.3) is 0 Å². The first-order valence-electron chi connectivity index (χ1n) is 10.1. The van der Waals surface area contributed by atoms with Crippen molar-refractivity contribution in [3.63, 3.8) is 0 Å². The highest BCUT2D eigenvalue weighted by Gasteiger charge is 2.29. The average Bonchev–Trinajstić information content (AvgIpc) is 2.76. The van der Waals surface area contributed by atoms with Crippen LogP contribution in [0, 0.1) is 0 Å². The fourth-order valence-corrected chi connectivity index (χ4v) is 4.71. The van der Waals surface area contributed by atoms with Crippen molar-refractivity contribution in [1.82, 2.24) is 10.2 Å². The molecule has 1 unspecified atom stereocenters. The Balaban J connectivity index is 1.58. The van der Waals surface area contributed by atoms with Crippen LogP contribution in [0.3, 0.4) is 0 Å². The number of hydrogen-bond donors (Lipinski definition) is 1. The van der Waals surface area contributed by atoms with Gasteiger partial charge in [0.2, 0.25) is 0 Å². The van der Waals surface area contributed by atoms with Crippen molar-refractivity contribution < 1.29 is 4.74 Å². The molecule has 1 aliphatic rings. The normalized spacial score (nSPS) is 17.4. The van der Waals surface area contributed by atoms with Crippen LogP contribution in [0.5, 0.6) is 5.75 Å². The number of hydrogen-bond acceptors (Lipinski definition) is 3. The van der Waals surface area contributed by atoms with Crippen LogP contribution >= 0.6 is 15.9 Å². The first kappa shape index (κ1) is 20.1. The number of methoxy groups -OCH3 is 1. The second-order valence-electron chi connectivity index (χ2n) is 7.55. The van der Waals surface area contributed by atoms with Crippen LogP contribution in [-0.2, 0) is 6.54 Å². The van der Waals surface area contributed by atoms with Crippen LogP contribution in [-0.4, -0.2) is 37.7 Å². The molecular formula is C25H27BrN2O. The van der Waals surface area contributed by atoms with Crippen molar-refractivity contribution in [2.75, 3.05) is 26.7 Å². The quantitative estimate of drug-likeness (QED) is 0.567. The molecule has 1 fully saturated rings. The van der Waals surface area contributed by atoms with E-state index < -0.39 is 0 Å². The number of halogens is 1. The fourth-order valence-electron chi connectivity index (χ4n) is 4.30. The van der Waals surface area contributed by atoms with Gasteiger partial charge < -0.3 is 10.1 Å². The van der Waals surface area contributed by atoms with Gasteiger partial charge in [0.25, 0.3) is 0 Å². The topological polar surface area (TPSA) is 24.5 Å². The Kier molecular flexibility index (Phi) is 6.65. The lowest BCUT2D eigenvalue weighted by Gasteiger charge is -2.38. The Morgan fingerprint density at radius 1 is 1.00 bits per heavy atom. The molecule has 0 radical (unpaired) electrons. The van der Waals surface area contributed by atoms with Gasteiger partial charge >= 0.3 is 0 Å². The molecule has 150 valence electrons. The predicted molar refractivity (Wildman–Crippen MR) is 122 cm³/mol. The van der Waals surface area contributed by atoms with Gasteiger partial charge in [-0.05, 0) is 29.3 Å². The molecule has 0 spiro atoms. The third kappa shape index (κ3) is 4.89. The molecule has 0 bridgehead atoms. The van der Waals surface area contributed by atoms with Crippen LogP contribution < -0.4 is 10.1 Å². The van der Waals surface area contributed by atoms with Gasteiger partial charge in [-0.15, -0.1) is 0 Å². The molecule has 4 rings (SSSR count). The van der Waals surface area contributed by atoms with E-state index in [4.69, 9.17) is 4.74 Å². The van der Waals surface area contributed by atoms with Crippen LogP contribution in [0.15, 0.2) is 83.3 Å². The lowest BCUT2D eigenvalue weighted by atomic mass is 9.84. The molecule has 1 saturated heterocycles. The molecule has 0 aliphatic carbocycles. The lowest BCUT2D eigenvalue weighted by molar-refractivity contribution is 0.182. The standard InChI is InChI=1S/C25H27BrN2O/c1-29-24-13-12-22(26)16-21(24)17-28-15-14-27-23(18-28)25(19-8-4-2-5-9-19)20-10-6-3-7-11-20/h2-13,16,23,25,27H,14-15,17-18H2,1H3. The minimum Gasteiger partial charge on any atom is -0.496 e. The van der Waals surface area contributed by atoms with E-state index >= 15 is 0 Å². The maximum atomic E-state index is 5.59. The van der Waals surface area contributed by atoms with Gasteiger partial charge in [0.15, 0.2) is 0 Å². The molecule has 1 N–H and O–H groups in total. The van der Waals surface area contributed by atoms with Crippen molar-refractivity contribution in [3.05, 3.63) is 100 Å². The fraction of sp³-hybridized carbons (Fsp3) is 0.280. The summed E-state index contributed by atoms with van der Waals surface area (Å²) in [5, 5.41) is 3.79. The number of nitrogens with one attached hydrogen (secondary N) is 1. The van der Waals surface area contributed by atoms with E-state index in [0.29, 0.717) is 12.0 Å². The summed E-state index contributed by atoms with van der Waals surface area (Å²) in [7, 11) is 1.74. The number of ether oxygens (including phenoxy) is 1. The van der Waals surface area contributed by atoms with E-state index in [1.807, 2.05) is 12.1 Å². The van der Waals surface area contributed by atoms with Gasteiger partial charge in [0, 0.05) is 48.2 Å². The van der Waals surface area contributed by atoms with E-state index in [0.717, 1.165) is 36.4 Å². The summed E-state index contributed by atoms with van der Waals surface area (Å²) in [6.07, 6.45) is 0. The van der Waals surface area contributed by atoms with Crippen molar-refractivity contribution in [2.24, 2.45) is 0 Å². The smallest absolute Gasteiger partial charge is 0.123 e. The third-order valence-electron chi connectivity index (χ3n) is 5.65. The molecule has 1 heterocycles. The Hall–Kier alpha value is -2.14. The van der Waals surface area contributed by atoms with Crippen molar-refractivity contribution in [2.45, 2.75) is 18.5 Å². The van der Waals surface area contributed by atoms with E-state index in [1.165, 1.54) is 16.7 Å². The maximum Gasteiger partial charge on any atom is 0.123 e. The highest BCUT2D eigenvalue weighted by Crippen LogP contribution is 2.31. The number of rotatable bonds is 6. The molecule has 3 nitrogen and oxygen atoms in total. The molecule has 3 aromatic carbocycles. The summed E-state index contributed by atoms with van der Waals surface area (Å²) in [6, 6.07) is 28.3. The maximum absolute atomic E-state index is 5.59.